The highest BCUT2D eigenvalue weighted by atomic mass is 16.5. The first kappa shape index (κ1) is 13.8. The summed E-state index contributed by atoms with van der Waals surface area (Å²) in [5, 5.41) is 12.5. The first-order chi connectivity index (χ1) is 7.89. The second kappa shape index (κ2) is 5.41. The minimum absolute atomic E-state index is 0.111. The molecule has 0 saturated heterocycles. The summed E-state index contributed by atoms with van der Waals surface area (Å²) in [4.78, 5) is 0. The van der Waals surface area contributed by atoms with Crippen molar-refractivity contribution >= 4 is 5.69 Å². The number of aryl methyl sites for hydroxylation is 2. The molecule has 2 N–H and O–H groups in total. The molecule has 96 valence electrons. The molecule has 1 aromatic rings. The Hall–Kier alpha value is -1.22. The molecular formula is C14H23NO2. The Morgan fingerprint density at radius 2 is 1.88 bits per heavy atom. The zero-order valence-corrected chi connectivity index (χ0v) is 11.4. The topological polar surface area (TPSA) is 41.5 Å². The number of rotatable bonds is 5. The lowest BCUT2D eigenvalue weighted by molar-refractivity contribution is 0.261. The van der Waals surface area contributed by atoms with Crippen molar-refractivity contribution in [1.29, 1.82) is 0 Å². The Kier molecular flexibility index (Phi) is 4.40. The molecule has 0 radical (unpaired) electrons. The molecule has 0 fully saturated rings. The van der Waals surface area contributed by atoms with Crippen LogP contribution in [0.25, 0.3) is 0 Å². The van der Waals surface area contributed by atoms with Crippen LogP contribution in [0.4, 0.5) is 5.69 Å². The highest BCUT2D eigenvalue weighted by Gasteiger charge is 2.18. The predicted octanol–water partition coefficient (Wildman–Crippen LogP) is 2.88. The van der Waals surface area contributed by atoms with Gasteiger partial charge in [-0.1, -0.05) is 0 Å². The minimum atomic E-state index is -0.111. The van der Waals surface area contributed by atoms with E-state index in [1.54, 1.807) is 7.11 Å². The fourth-order valence-electron chi connectivity index (χ4n) is 1.85. The Bertz CT molecular complexity index is 386. The van der Waals surface area contributed by atoms with Crippen LogP contribution in [-0.4, -0.2) is 24.4 Å². The van der Waals surface area contributed by atoms with Crippen molar-refractivity contribution in [3.8, 4) is 5.75 Å². The van der Waals surface area contributed by atoms with Crippen molar-refractivity contribution < 1.29 is 9.84 Å². The average molecular weight is 237 g/mol. The van der Waals surface area contributed by atoms with Gasteiger partial charge in [-0.05, 0) is 57.4 Å². The standard InChI is InChI=1S/C14H23NO2/c1-10-9-13(17-5)11(2)8-12(10)15-14(3,4)6-7-16/h8-9,15-16H,6-7H2,1-5H3. The lowest BCUT2D eigenvalue weighted by Gasteiger charge is -2.28. The zero-order chi connectivity index (χ0) is 13.1. The lowest BCUT2D eigenvalue weighted by atomic mass is 9.99. The van der Waals surface area contributed by atoms with Gasteiger partial charge in [-0.3, -0.25) is 0 Å². The average Bonchev–Trinajstić information content (AvgIpc) is 2.22. The van der Waals surface area contributed by atoms with Crippen LogP contribution in [0.5, 0.6) is 5.75 Å². The highest BCUT2D eigenvalue weighted by molar-refractivity contribution is 5.58. The molecule has 0 aliphatic rings. The first-order valence-corrected chi connectivity index (χ1v) is 5.94. The minimum Gasteiger partial charge on any atom is -0.496 e. The van der Waals surface area contributed by atoms with E-state index in [9.17, 15) is 0 Å². The van der Waals surface area contributed by atoms with Crippen LogP contribution in [0.1, 0.15) is 31.4 Å². The van der Waals surface area contributed by atoms with Crippen LogP contribution in [0, 0.1) is 13.8 Å². The Balaban J connectivity index is 2.96. The molecule has 3 heteroatoms. The van der Waals surface area contributed by atoms with E-state index in [4.69, 9.17) is 9.84 Å². The summed E-state index contributed by atoms with van der Waals surface area (Å²) >= 11 is 0. The third-order valence-corrected chi connectivity index (χ3v) is 2.95. The smallest absolute Gasteiger partial charge is 0.122 e. The van der Waals surface area contributed by atoms with E-state index >= 15 is 0 Å². The quantitative estimate of drug-likeness (QED) is 0.827. The third-order valence-electron chi connectivity index (χ3n) is 2.95. The Morgan fingerprint density at radius 1 is 1.24 bits per heavy atom. The fraction of sp³-hybridized carbons (Fsp3) is 0.571. The van der Waals surface area contributed by atoms with Gasteiger partial charge in [-0.2, -0.15) is 0 Å². The van der Waals surface area contributed by atoms with Gasteiger partial charge < -0.3 is 15.2 Å². The van der Waals surface area contributed by atoms with Crippen LogP contribution in [0.15, 0.2) is 12.1 Å². The Labute approximate surface area is 104 Å². The molecule has 0 heterocycles. The maximum absolute atomic E-state index is 9.03. The normalized spacial score (nSPS) is 11.4. The summed E-state index contributed by atoms with van der Waals surface area (Å²) in [6.07, 6.45) is 0.720. The van der Waals surface area contributed by atoms with Crippen molar-refractivity contribution in [2.24, 2.45) is 0 Å². The van der Waals surface area contributed by atoms with Gasteiger partial charge in [-0.15, -0.1) is 0 Å². The van der Waals surface area contributed by atoms with Crippen molar-refractivity contribution in [2.45, 2.75) is 39.7 Å². The second-order valence-corrected chi connectivity index (χ2v) is 5.12. The van der Waals surface area contributed by atoms with Gasteiger partial charge in [0.15, 0.2) is 0 Å². The van der Waals surface area contributed by atoms with Crippen molar-refractivity contribution in [2.75, 3.05) is 19.0 Å². The highest BCUT2D eigenvalue weighted by Crippen LogP contribution is 2.28. The Morgan fingerprint density at radius 3 is 2.41 bits per heavy atom. The van der Waals surface area contributed by atoms with E-state index in [-0.39, 0.29) is 12.1 Å². The molecule has 0 aliphatic carbocycles. The molecule has 0 unspecified atom stereocenters. The largest absolute Gasteiger partial charge is 0.496 e. The molecule has 17 heavy (non-hydrogen) atoms. The zero-order valence-electron chi connectivity index (χ0n) is 11.4. The number of anilines is 1. The van der Waals surface area contributed by atoms with Crippen LogP contribution in [0.3, 0.4) is 0 Å². The summed E-state index contributed by atoms with van der Waals surface area (Å²) in [6, 6.07) is 4.12. The van der Waals surface area contributed by atoms with Gasteiger partial charge in [0.25, 0.3) is 0 Å². The summed E-state index contributed by atoms with van der Waals surface area (Å²) in [5.41, 5.74) is 3.25. The molecule has 0 saturated carbocycles. The van der Waals surface area contributed by atoms with Crippen LogP contribution in [-0.2, 0) is 0 Å². The molecule has 1 aromatic carbocycles. The number of hydrogen-bond donors (Lipinski definition) is 2. The summed E-state index contributed by atoms with van der Waals surface area (Å²) in [5.74, 6) is 0.910. The van der Waals surface area contributed by atoms with E-state index in [0.29, 0.717) is 0 Å². The van der Waals surface area contributed by atoms with Gasteiger partial charge in [-0.25, -0.2) is 0 Å². The van der Waals surface area contributed by atoms with Gasteiger partial charge >= 0.3 is 0 Å². The van der Waals surface area contributed by atoms with Crippen molar-refractivity contribution in [3.63, 3.8) is 0 Å². The molecular weight excluding hydrogens is 214 g/mol. The predicted molar refractivity (Wildman–Crippen MR) is 71.9 cm³/mol. The van der Waals surface area contributed by atoms with E-state index in [1.165, 1.54) is 0 Å². The second-order valence-electron chi connectivity index (χ2n) is 5.12. The van der Waals surface area contributed by atoms with E-state index < -0.39 is 0 Å². The number of methoxy groups -OCH3 is 1. The molecule has 0 spiro atoms. The molecule has 1 rings (SSSR count). The molecule has 0 aromatic heterocycles. The van der Waals surface area contributed by atoms with Gasteiger partial charge in [0, 0.05) is 17.8 Å². The van der Waals surface area contributed by atoms with E-state index in [1.807, 2.05) is 13.0 Å². The molecule has 3 nitrogen and oxygen atoms in total. The van der Waals surface area contributed by atoms with Crippen molar-refractivity contribution in [3.05, 3.63) is 23.3 Å². The SMILES string of the molecule is COc1cc(C)c(NC(C)(C)CCO)cc1C. The maximum atomic E-state index is 9.03. The number of aliphatic hydroxyl groups excluding tert-OH is 1. The number of aliphatic hydroxyl groups is 1. The molecule has 0 amide bonds. The third kappa shape index (κ3) is 3.63. The molecule has 0 bridgehead atoms. The van der Waals surface area contributed by atoms with Gasteiger partial charge in [0.1, 0.15) is 5.75 Å². The number of benzene rings is 1. The van der Waals surface area contributed by atoms with Crippen LogP contribution in [0.2, 0.25) is 0 Å². The van der Waals surface area contributed by atoms with Crippen LogP contribution >= 0.6 is 0 Å². The van der Waals surface area contributed by atoms with E-state index in [0.717, 1.165) is 29.0 Å². The van der Waals surface area contributed by atoms with E-state index in [2.05, 4.69) is 32.2 Å². The first-order valence-electron chi connectivity index (χ1n) is 5.94. The maximum Gasteiger partial charge on any atom is 0.122 e. The summed E-state index contributed by atoms with van der Waals surface area (Å²) < 4.78 is 5.29. The van der Waals surface area contributed by atoms with Crippen molar-refractivity contribution in [1.82, 2.24) is 0 Å². The number of nitrogens with one attached hydrogen (secondary N) is 1. The summed E-state index contributed by atoms with van der Waals surface area (Å²) in [7, 11) is 1.69. The lowest BCUT2D eigenvalue weighted by Crippen LogP contribution is -2.32. The molecule has 0 atom stereocenters. The summed E-state index contributed by atoms with van der Waals surface area (Å²) in [6.45, 7) is 8.44. The monoisotopic (exact) mass is 237 g/mol. The fourth-order valence-corrected chi connectivity index (χ4v) is 1.85. The van der Waals surface area contributed by atoms with Gasteiger partial charge in [0.2, 0.25) is 0 Å². The number of hydrogen-bond acceptors (Lipinski definition) is 3. The molecule has 0 aliphatic heterocycles. The number of ether oxygens (including phenoxy) is 1. The van der Waals surface area contributed by atoms with Crippen LogP contribution < -0.4 is 10.1 Å². The van der Waals surface area contributed by atoms with Gasteiger partial charge in [0.05, 0.1) is 7.11 Å².